The van der Waals surface area contributed by atoms with Gasteiger partial charge in [-0.15, -0.1) is 0 Å². The van der Waals surface area contributed by atoms with Gasteiger partial charge in [-0.25, -0.2) is 9.59 Å². The van der Waals surface area contributed by atoms with E-state index in [4.69, 9.17) is 9.47 Å². The molecule has 0 aliphatic heterocycles. The second kappa shape index (κ2) is 10.6. The number of rotatable bonds is 7. The van der Waals surface area contributed by atoms with Crippen LogP contribution in [0, 0.1) is 23.7 Å². The first kappa shape index (κ1) is 23.1. The standard InChI is InChI=1S/C22H38O6/c1-13(2)15-9-5-7-11-17(15)27-21(25)19(23)20(24)22(26)28-18-12-8-6-10-16(18)14(3)4/h13-20,23-24H,5-12H2,1-4H3/t15-,16-,17+,18+,19?,20?/m0/s1. The third kappa shape index (κ3) is 5.93. The van der Waals surface area contributed by atoms with E-state index in [0.29, 0.717) is 11.8 Å². The molecule has 0 saturated heterocycles. The van der Waals surface area contributed by atoms with Crippen molar-refractivity contribution in [3.8, 4) is 0 Å². The number of hydrogen-bond acceptors (Lipinski definition) is 6. The van der Waals surface area contributed by atoms with Crippen molar-refractivity contribution in [2.24, 2.45) is 23.7 Å². The van der Waals surface area contributed by atoms with Gasteiger partial charge < -0.3 is 19.7 Å². The minimum atomic E-state index is -1.91. The van der Waals surface area contributed by atoms with Crippen molar-refractivity contribution in [1.82, 2.24) is 0 Å². The highest BCUT2D eigenvalue weighted by molar-refractivity contribution is 5.85. The Hall–Kier alpha value is -1.14. The molecule has 0 radical (unpaired) electrons. The van der Waals surface area contributed by atoms with E-state index in [1.807, 2.05) is 0 Å². The van der Waals surface area contributed by atoms with Gasteiger partial charge in [0.15, 0.2) is 12.2 Å². The number of aliphatic hydroxyl groups is 2. The van der Waals surface area contributed by atoms with Crippen LogP contribution >= 0.6 is 0 Å². The zero-order valence-electron chi connectivity index (χ0n) is 17.8. The van der Waals surface area contributed by atoms with E-state index in [1.54, 1.807) is 0 Å². The molecule has 2 rings (SSSR count). The van der Waals surface area contributed by atoms with Crippen molar-refractivity contribution in [2.45, 2.75) is 103 Å². The quantitative estimate of drug-likeness (QED) is 0.640. The lowest BCUT2D eigenvalue weighted by Crippen LogP contribution is -2.46. The molecule has 0 heterocycles. The second-order valence-electron chi connectivity index (χ2n) is 9.23. The van der Waals surface area contributed by atoms with Gasteiger partial charge in [0.1, 0.15) is 12.2 Å². The van der Waals surface area contributed by atoms with Crippen molar-refractivity contribution >= 4 is 11.9 Å². The van der Waals surface area contributed by atoms with Gasteiger partial charge in [-0.2, -0.15) is 0 Å². The van der Waals surface area contributed by atoms with Gasteiger partial charge in [-0.1, -0.05) is 40.5 Å². The van der Waals surface area contributed by atoms with Crippen LogP contribution in [-0.2, 0) is 19.1 Å². The number of hydrogen-bond donors (Lipinski definition) is 2. The van der Waals surface area contributed by atoms with E-state index in [0.717, 1.165) is 51.4 Å². The van der Waals surface area contributed by atoms with Crippen LogP contribution in [0.1, 0.15) is 79.1 Å². The molecule has 0 aromatic heterocycles. The van der Waals surface area contributed by atoms with E-state index in [2.05, 4.69) is 27.7 Å². The SMILES string of the molecule is CC(C)[C@@H]1CCCC[C@H]1OC(=O)C(O)C(O)C(=O)O[C@@H]1CCCC[C@H]1C(C)C. The Morgan fingerprint density at radius 3 is 1.32 bits per heavy atom. The molecule has 0 spiro atoms. The Balaban J connectivity index is 1.91. The van der Waals surface area contributed by atoms with Crippen LogP contribution in [0.2, 0.25) is 0 Å². The second-order valence-corrected chi connectivity index (χ2v) is 9.23. The summed E-state index contributed by atoms with van der Waals surface area (Å²) in [5.41, 5.74) is 0. The molecule has 0 aromatic carbocycles. The summed E-state index contributed by atoms with van der Waals surface area (Å²) in [4.78, 5) is 24.7. The van der Waals surface area contributed by atoms with Crippen molar-refractivity contribution < 1.29 is 29.3 Å². The predicted molar refractivity (Wildman–Crippen MR) is 105 cm³/mol. The van der Waals surface area contributed by atoms with Crippen LogP contribution in [0.3, 0.4) is 0 Å². The summed E-state index contributed by atoms with van der Waals surface area (Å²) in [7, 11) is 0. The summed E-state index contributed by atoms with van der Waals surface area (Å²) in [6, 6.07) is 0. The highest BCUT2D eigenvalue weighted by Crippen LogP contribution is 2.34. The largest absolute Gasteiger partial charge is 0.460 e. The van der Waals surface area contributed by atoms with Gasteiger partial charge in [-0.3, -0.25) is 0 Å². The normalized spacial score (nSPS) is 30.7. The molecule has 2 N–H and O–H groups in total. The molecule has 0 aromatic rings. The maximum Gasteiger partial charge on any atom is 0.338 e. The summed E-state index contributed by atoms with van der Waals surface area (Å²) in [5, 5.41) is 20.4. The molecule has 28 heavy (non-hydrogen) atoms. The molecular weight excluding hydrogens is 360 g/mol. The minimum Gasteiger partial charge on any atom is -0.460 e. The predicted octanol–water partition coefficient (Wildman–Crippen LogP) is 3.22. The smallest absolute Gasteiger partial charge is 0.338 e. The molecule has 2 aliphatic rings. The van der Waals surface area contributed by atoms with Gasteiger partial charge in [0.25, 0.3) is 0 Å². The van der Waals surface area contributed by atoms with Gasteiger partial charge in [0, 0.05) is 0 Å². The summed E-state index contributed by atoms with van der Waals surface area (Å²) in [6.45, 7) is 8.37. The molecule has 0 bridgehead atoms. The van der Waals surface area contributed by atoms with Crippen molar-refractivity contribution in [1.29, 1.82) is 0 Å². The Morgan fingerprint density at radius 1 is 0.679 bits per heavy atom. The molecular formula is C22H38O6. The van der Waals surface area contributed by atoms with E-state index in [-0.39, 0.29) is 24.0 Å². The Morgan fingerprint density at radius 2 is 1.00 bits per heavy atom. The molecule has 2 fully saturated rings. The molecule has 0 amide bonds. The summed E-state index contributed by atoms with van der Waals surface area (Å²) in [5.74, 6) is -0.669. The third-order valence-electron chi connectivity index (χ3n) is 6.54. The molecule has 2 aliphatic carbocycles. The van der Waals surface area contributed by atoms with Crippen LogP contribution in [0.4, 0.5) is 0 Å². The minimum absolute atomic E-state index is 0.239. The highest BCUT2D eigenvalue weighted by atomic mass is 16.6. The lowest BCUT2D eigenvalue weighted by atomic mass is 9.79. The topological polar surface area (TPSA) is 93.1 Å². The van der Waals surface area contributed by atoms with Crippen molar-refractivity contribution in [3.05, 3.63) is 0 Å². The fourth-order valence-electron chi connectivity index (χ4n) is 4.76. The fraction of sp³-hybridized carbons (Fsp3) is 0.909. The van der Waals surface area contributed by atoms with Gasteiger partial charge in [0.05, 0.1) is 0 Å². The van der Waals surface area contributed by atoms with Crippen LogP contribution < -0.4 is 0 Å². The summed E-state index contributed by atoms with van der Waals surface area (Å²) < 4.78 is 11.0. The molecule has 6 atom stereocenters. The van der Waals surface area contributed by atoms with Crippen LogP contribution in [0.5, 0.6) is 0 Å². The lowest BCUT2D eigenvalue weighted by molar-refractivity contribution is -0.184. The van der Waals surface area contributed by atoms with E-state index < -0.39 is 24.1 Å². The first-order valence-electron chi connectivity index (χ1n) is 11.0. The Labute approximate surface area is 169 Å². The Kier molecular flexibility index (Phi) is 8.75. The lowest BCUT2D eigenvalue weighted by Gasteiger charge is -2.35. The monoisotopic (exact) mass is 398 g/mol. The number of carbonyl (C=O) groups is 2. The zero-order valence-corrected chi connectivity index (χ0v) is 17.8. The van der Waals surface area contributed by atoms with Crippen LogP contribution in [0.15, 0.2) is 0 Å². The first-order valence-corrected chi connectivity index (χ1v) is 11.0. The van der Waals surface area contributed by atoms with E-state index in [1.165, 1.54) is 0 Å². The average Bonchev–Trinajstić information content (AvgIpc) is 2.67. The van der Waals surface area contributed by atoms with E-state index >= 15 is 0 Å². The van der Waals surface area contributed by atoms with Gasteiger partial charge in [-0.05, 0) is 62.2 Å². The number of ether oxygens (including phenoxy) is 2. The highest BCUT2D eigenvalue weighted by Gasteiger charge is 2.39. The molecule has 6 nitrogen and oxygen atoms in total. The third-order valence-corrected chi connectivity index (χ3v) is 6.54. The first-order chi connectivity index (χ1) is 13.2. The summed E-state index contributed by atoms with van der Waals surface area (Å²) >= 11 is 0. The van der Waals surface area contributed by atoms with Crippen LogP contribution in [0.25, 0.3) is 0 Å². The molecule has 2 saturated carbocycles. The number of esters is 2. The Bertz CT molecular complexity index is 471. The molecule has 6 heteroatoms. The molecule has 162 valence electrons. The molecule has 2 unspecified atom stereocenters. The van der Waals surface area contributed by atoms with Crippen LogP contribution in [-0.4, -0.2) is 46.6 Å². The maximum atomic E-state index is 12.4. The zero-order chi connectivity index (χ0) is 20.8. The van der Waals surface area contributed by atoms with Gasteiger partial charge in [0.2, 0.25) is 0 Å². The number of aliphatic hydroxyl groups excluding tert-OH is 2. The summed E-state index contributed by atoms with van der Waals surface area (Å²) in [6.07, 6.45) is 3.24. The van der Waals surface area contributed by atoms with Crippen molar-refractivity contribution in [2.75, 3.05) is 0 Å². The fourth-order valence-corrected chi connectivity index (χ4v) is 4.76. The van der Waals surface area contributed by atoms with Crippen molar-refractivity contribution in [3.63, 3.8) is 0 Å². The van der Waals surface area contributed by atoms with E-state index in [9.17, 15) is 19.8 Å². The maximum absolute atomic E-state index is 12.4. The van der Waals surface area contributed by atoms with Gasteiger partial charge >= 0.3 is 11.9 Å². The average molecular weight is 399 g/mol. The number of carbonyl (C=O) groups excluding carboxylic acids is 2.